The number of aromatic amines is 1. The van der Waals surface area contributed by atoms with Crippen LogP contribution in [-0.2, 0) is 0 Å². The highest BCUT2D eigenvalue weighted by Crippen LogP contribution is 2.30. The first-order chi connectivity index (χ1) is 9.08. The van der Waals surface area contributed by atoms with Gasteiger partial charge in [0.25, 0.3) is 5.56 Å². The van der Waals surface area contributed by atoms with Crippen molar-refractivity contribution in [2.45, 2.75) is 0 Å². The van der Waals surface area contributed by atoms with Gasteiger partial charge < -0.3 is 5.11 Å². The van der Waals surface area contributed by atoms with Crippen molar-refractivity contribution in [3.05, 3.63) is 50.2 Å². The van der Waals surface area contributed by atoms with E-state index in [0.717, 1.165) is 4.47 Å². The summed E-state index contributed by atoms with van der Waals surface area (Å²) in [5.74, 6) is -0.538. The molecule has 0 aliphatic rings. The topological polar surface area (TPSA) is 101 Å². The maximum absolute atomic E-state index is 11.6. The third kappa shape index (κ3) is 2.22. The summed E-state index contributed by atoms with van der Waals surface area (Å²) in [6.07, 6.45) is 0. The van der Waals surface area contributed by atoms with Gasteiger partial charge in [-0.05, 0) is 17.7 Å². The molecule has 5 nitrogen and oxygen atoms in total. The van der Waals surface area contributed by atoms with Gasteiger partial charge in [-0.3, -0.25) is 9.78 Å². The van der Waals surface area contributed by atoms with Gasteiger partial charge in [0.2, 0.25) is 5.88 Å². The molecule has 0 amide bonds. The molecule has 0 bridgehead atoms. The Morgan fingerprint density at radius 3 is 2.21 bits per heavy atom. The first kappa shape index (κ1) is 12.9. The molecule has 6 heteroatoms. The predicted molar refractivity (Wildman–Crippen MR) is 71.3 cm³/mol. The van der Waals surface area contributed by atoms with Crippen molar-refractivity contribution >= 4 is 15.9 Å². The summed E-state index contributed by atoms with van der Waals surface area (Å²) in [7, 11) is 0. The molecule has 0 saturated carbocycles. The molecular weight excluding hydrogens is 310 g/mol. The average molecular weight is 316 g/mol. The van der Waals surface area contributed by atoms with Gasteiger partial charge in [0.15, 0.2) is 0 Å². The van der Waals surface area contributed by atoms with Crippen LogP contribution in [0.3, 0.4) is 0 Å². The van der Waals surface area contributed by atoms with Gasteiger partial charge in [-0.1, -0.05) is 28.1 Å². The second kappa shape index (κ2) is 4.97. The lowest BCUT2D eigenvalue weighted by Crippen LogP contribution is -2.13. The normalized spacial score (nSPS) is 9.63. The molecule has 0 unspecified atom stereocenters. The van der Waals surface area contributed by atoms with E-state index in [9.17, 15) is 9.90 Å². The number of nitrogens with one attached hydrogen (secondary N) is 1. The van der Waals surface area contributed by atoms with E-state index < -0.39 is 11.4 Å². The molecule has 1 aromatic heterocycles. The quantitative estimate of drug-likeness (QED) is 0.842. The van der Waals surface area contributed by atoms with Crippen molar-refractivity contribution in [3.63, 3.8) is 0 Å². The standard InChI is InChI=1S/C13H6BrN3O2/c14-8-3-1-7(2-4-8)11-9(5-15)12(18)17-13(19)10(11)6-16/h1-4H,(H2,17,18,19). The molecule has 0 fully saturated rings. The zero-order valence-electron chi connectivity index (χ0n) is 9.44. The molecule has 0 radical (unpaired) electrons. The van der Waals surface area contributed by atoms with E-state index in [2.05, 4.69) is 20.9 Å². The average Bonchev–Trinajstić information content (AvgIpc) is 2.39. The highest BCUT2D eigenvalue weighted by molar-refractivity contribution is 9.10. The van der Waals surface area contributed by atoms with E-state index >= 15 is 0 Å². The Labute approximate surface area is 116 Å². The largest absolute Gasteiger partial charge is 0.494 e. The number of aromatic hydroxyl groups is 1. The summed E-state index contributed by atoms with van der Waals surface area (Å²) < 4.78 is 0.822. The molecule has 19 heavy (non-hydrogen) atoms. The molecule has 0 aliphatic carbocycles. The Hall–Kier alpha value is -2.57. The third-order valence-electron chi connectivity index (χ3n) is 2.55. The molecule has 2 rings (SSSR count). The molecule has 0 aliphatic heterocycles. The van der Waals surface area contributed by atoms with Gasteiger partial charge >= 0.3 is 0 Å². The Morgan fingerprint density at radius 1 is 1.11 bits per heavy atom. The summed E-state index contributed by atoms with van der Waals surface area (Å²) in [5, 5.41) is 27.7. The number of hydrogen-bond acceptors (Lipinski definition) is 4. The van der Waals surface area contributed by atoms with E-state index in [1.165, 1.54) is 0 Å². The minimum atomic E-state index is -0.725. The number of nitrogens with zero attached hydrogens (tertiary/aromatic N) is 2. The molecule has 1 heterocycles. The van der Waals surface area contributed by atoms with E-state index in [4.69, 9.17) is 10.5 Å². The van der Waals surface area contributed by atoms with Crippen LogP contribution >= 0.6 is 15.9 Å². The number of pyridine rings is 1. The van der Waals surface area contributed by atoms with Crippen molar-refractivity contribution in [2.75, 3.05) is 0 Å². The summed E-state index contributed by atoms with van der Waals surface area (Å²) in [5.41, 5.74) is -0.400. The van der Waals surface area contributed by atoms with Gasteiger partial charge in [-0.15, -0.1) is 0 Å². The van der Waals surface area contributed by atoms with E-state index in [0.29, 0.717) is 5.56 Å². The fourth-order valence-corrected chi connectivity index (χ4v) is 1.97. The maximum atomic E-state index is 11.6. The first-order valence-electron chi connectivity index (χ1n) is 5.14. The Balaban J connectivity index is 2.89. The fraction of sp³-hybridized carbons (Fsp3) is 0. The lowest BCUT2D eigenvalue weighted by molar-refractivity contribution is 0.450. The molecule has 0 saturated heterocycles. The minimum Gasteiger partial charge on any atom is -0.494 e. The SMILES string of the molecule is N#Cc1c(O)[nH]c(=O)c(C#N)c1-c1ccc(Br)cc1. The summed E-state index contributed by atoms with van der Waals surface area (Å²) in [6, 6.07) is 10.3. The van der Waals surface area contributed by atoms with Crippen LogP contribution in [0.4, 0.5) is 0 Å². The molecule has 92 valence electrons. The van der Waals surface area contributed by atoms with Gasteiger partial charge in [0, 0.05) is 10.0 Å². The molecular formula is C13H6BrN3O2. The highest BCUT2D eigenvalue weighted by atomic mass is 79.9. The Bertz CT molecular complexity index is 780. The molecule has 2 N–H and O–H groups in total. The van der Waals surface area contributed by atoms with Crippen molar-refractivity contribution in [1.82, 2.24) is 4.98 Å². The van der Waals surface area contributed by atoms with Crippen LogP contribution in [-0.4, -0.2) is 10.1 Å². The number of halogens is 1. The van der Waals surface area contributed by atoms with Gasteiger partial charge in [0.05, 0.1) is 0 Å². The molecule has 1 aromatic carbocycles. The first-order valence-corrected chi connectivity index (χ1v) is 5.93. The van der Waals surface area contributed by atoms with E-state index in [1.54, 1.807) is 36.4 Å². The van der Waals surface area contributed by atoms with Crippen LogP contribution in [0.15, 0.2) is 33.5 Å². The minimum absolute atomic E-state index is 0.126. The van der Waals surface area contributed by atoms with Crippen LogP contribution in [0, 0.1) is 22.7 Å². The van der Waals surface area contributed by atoms with Crippen LogP contribution in [0.2, 0.25) is 0 Å². The summed E-state index contributed by atoms with van der Waals surface area (Å²) in [4.78, 5) is 13.7. The Morgan fingerprint density at radius 2 is 1.68 bits per heavy atom. The molecule has 2 aromatic rings. The smallest absolute Gasteiger partial charge is 0.269 e. The highest BCUT2D eigenvalue weighted by Gasteiger charge is 2.18. The van der Waals surface area contributed by atoms with Crippen LogP contribution in [0.25, 0.3) is 11.1 Å². The summed E-state index contributed by atoms with van der Waals surface area (Å²) in [6.45, 7) is 0. The second-order valence-electron chi connectivity index (χ2n) is 3.66. The zero-order chi connectivity index (χ0) is 14.0. The van der Waals surface area contributed by atoms with E-state index in [1.807, 2.05) is 0 Å². The number of rotatable bonds is 1. The van der Waals surface area contributed by atoms with E-state index in [-0.39, 0.29) is 16.7 Å². The van der Waals surface area contributed by atoms with Crippen LogP contribution in [0.1, 0.15) is 11.1 Å². The fourth-order valence-electron chi connectivity index (χ4n) is 1.71. The zero-order valence-corrected chi connectivity index (χ0v) is 11.0. The molecule has 0 atom stereocenters. The predicted octanol–water partition coefficient (Wildman–Crippen LogP) is 2.25. The van der Waals surface area contributed by atoms with Crippen molar-refractivity contribution < 1.29 is 5.11 Å². The number of benzene rings is 1. The van der Waals surface area contributed by atoms with Crippen LogP contribution in [0.5, 0.6) is 5.88 Å². The number of aromatic nitrogens is 1. The maximum Gasteiger partial charge on any atom is 0.269 e. The second-order valence-corrected chi connectivity index (χ2v) is 4.57. The monoisotopic (exact) mass is 315 g/mol. The number of H-pyrrole nitrogens is 1. The van der Waals surface area contributed by atoms with Crippen molar-refractivity contribution in [3.8, 4) is 29.1 Å². The van der Waals surface area contributed by atoms with Crippen molar-refractivity contribution in [1.29, 1.82) is 10.5 Å². The lowest BCUT2D eigenvalue weighted by atomic mass is 9.97. The van der Waals surface area contributed by atoms with Crippen LogP contribution < -0.4 is 5.56 Å². The summed E-state index contributed by atoms with van der Waals surface area (Å²) >= 11 is 3.27. The van der Waals surface area contributed by atoms with Gasteiger partial charge in [0.1, 0.15) is 23.3 Å². The van der Waals surface area contributed by atoms with Gasteiger partial charge in [-0.2, -0.15) is 10.5 Å². The third-order valence-corrected chi connectivity index (χ3v) is 3.08. The lowest BCUT2D eigenvalue weighted by Gasteiger charge is -2.07. The van der Waals surface area contributed by atoms with Crippen molar-refractivity contribution in [2.24, 2.45) is 0 Å². The van der Waals surface area contributed by atoms with Gasteiger partial charge in [-0.25, -0.2) is 0 Å². The Kier molecular flexibility index (Phi) is 3.37. The number of hydrogen-bond donors (Lipinski definition) is 2. The molecule has 0 spiro atoms. The number of nitriles is 2.